The van der Waals surface area contributed by atoms with E-state index in [1.807, 2.05) is 50.4 Å². The van der Waals surface area contributed by atoms with Gasteiger partial charge in [-0.05, 0) is 44.4 Å². The van der Waals surface area contributed by atoms with Crippen molar-refractivity contribution in [1.82, 2.24) is 10.3 Å². The number of thiophene rings is 1. The van der Waals surface area contributed by atoms with Gasteiger partial charge in [0.1, 0.15) is 17.3 Å². The van der Waals surface area contributed by atoms with Gasteiger partial charge < -0.3 is 14.2 Å². The number of aromatic nitrogens is 1. The minimum atomic E-state index is -0.180. The van der Waals surface area contributed by atoms with Crippen LogP contribution in [-0.4, -0.2) is 10.9 Å². The zero-order valence-corrected chi connectivity index (χ0v) is 14.1. The molecule has 120 valence electrons. The summed E-state index contributed by atoms with van der Waals surface area (Å²) >= 11 is 1.56. The summed E-state index contributed by atoms with van der Waals surface area (Å²) in [7, 11) is 0. The average molecular weight is 330 g/mol. The highest BCUT2D eigenvalue weighted by Gasteiger charge is 2.18. The number of nitrogens with one attached hydrogen (secondary N) is 1. The molecule has 0 saturated carbocycles. The third-order valence-corrected chi connectivity index (χ3v) is 4.38. The fourth-order valence-corrected chi connectivity index (χ4v) is 2.95. The largest absolute Gasteiger partial charge is 0.464 e. The number of amides is 1. The van der Waals surface area contributed by atoms with Crippen molar-refractivity contribution >= 4 is 17.2 Å². The van der Waals surface area contributed by atoms with Crippen LogP contribution in [0.1, 0.15) is 35.9 Å². The molecule has 1 N–H and O–H groups in total. The maximum Gasteiger partial charge on any atom is 0.236 e. The second-order valence-electron chi connectivity index (χ2n) is 5.41. The number of oxazole rings is 1. The molecule has 0 aliphatic heterocycles. The molecule has 0 fully saturated rings. The quantitative estimate of drug-likeness (QED) is 0.767. The highest BCUT2D eigenvalue weighted by atomic mass is 32.1. The van der Waals surface area contributed by atoms with Crippen molar-refractivity contribution in [2.24, 2.45) is 0 Å². The van der Waals surface area contributed by atoms with Crippen LogP contribution < -0.4 is 5.32 Å². The van der Waals surface area contributed by atoms with Gasteiger partial charge in [0.15, 0.2) is 0 Å². The fraction of sp³-hybridized carbons (Fsp3) is 0.294. The van der Waals surface area contributed by atoms with Crippen molar-refractivity contribution in [2.75, 3.05) is 0 Å². The third-order valence-electron chi connectivity index (χ3n) is 3.52. The maximum absolute atomic E-state index is 12.2. The number of rotatable bonds is 5. The molecule has 6 heteroatoms. The number of nitrogens with zero attached hydrogens (tertiary/aromatic N) is 1. The van der Waals surface area contributed by atoms with Crippen molar-refractivity contribution in [2.45, 2.75) is 33.2 Å². The van der Waals surface area contributed by atoms with Crippen LogP contribution in [0.3, 0.4) is 0 Å². The summed E-state index contributed by atoms with van der Waals surface area (Å²) in [5.41, 5.74) is 0.661. The summed E-state index contributed by atoms with van der Waals surface area (Å²) in [6.07, 6.45) is 0.185. The Kier molecular flexibility index (Phi) is 4.34. The Labute approximate surface area is 138 Å². The molecule has 0 bridgehead atoms. The van der Waals surface area contributed by atoms with Crippen molar-refractivity contribution in [3.63, 3.8) is 0 Å². The molecule has 1 atom stereocenters. The van der Waals surface area contributed by atoms with Gasteiger partial charge in [-0.2, -0.15) is 0 Å². The summed E-state index contributed by atoms with van der Waals surface area (Å²) < 4.78 is 11.2. The molecular weight excluding hydrogens is 312 g/mol. The smallest absolute Gasteiger partial charge is 0.236 e. The van der Waals surface area contributed by atoms with Crippen molar-refractivity contribution in [3.8, 4) is 10.8 Å². The van der Waals surface area contributed by atoms with E-state index >= 15 is 0 Å². The first kappa shape index (κ1) is 15.6. The fourth-order valence-electron chi connectivity index (χ4n) is 2.30. The Hall–Kier alpha value is -2.34. The van der Waals surface area contributed by atoms with Crippen LogP contribution in [0, 0.1) is 13.8 Å². The number of aryl methyl sites for hydroxylation is 2. The van der Waals surface area contributed by atoms with Crippen LogP contribution in [0.5, 0.6) is 0 Å². The lowest BCUT2D eigenvalue weighted by atomic mass is 10.2. The Balaban J connectivity index is 1.66. The van der Waals surface area contributed by atoms with Gasteiger partial charge in [0.25, 0.3) is 0 Å². The van der Waals surface area contributed by atoms with Gasteiger partial charge in [0.2, 0.25) is 11.8 Å². The Bertz CT molecular complexity index is 802. The highest BCUT2D eigenvalue weighted by molar-refractivity contribution is 7.13. The van der Waals surface area contributed by atoms with E-state index in [0.29, 0.717) is 17.3 Å². The van der Waals surface area contributed by atoms with Crippen LogP contribution in [0.25, 0.3) is 10.8 Å². The van der Waals surface area contributed by atoms with Crippen LogP contribution in [0.2, 0.25) is 0 Å². The van der Waals surface area contributed by atoms with Gasteiger partial charge in [-0.3, -0.25) is 4.79 Å². The standard InChI is InChI=1S/C17H18N2O3S/c1-10-6-7-14(21-10)11(2)18-16(20)9-13-12(3)22-17(19-13)15-5-4-8-23-15/h4-8,11H,9H2,1-3H3,(H,18,20). The second-order valence-corrected chi connectivity index (χ2v) is 6.36. The van der Waals surface area contributed by atoms with Crippen LogP contribution in [0.4, 0.5) is 0 Å². The van der Waals surface area contributed by atoms with E-state index in [2.05, 4.69) is 10.3 Å². The van der Waals surface area contributed by atoms with E-state index in [1.54, 1.807) is 11.3 Å². The lowest BCUT2D eigenvalue weighted by molar-refractivity contribution is -0.121. The van der Waals surface area contributed by atoms with E-state index in [-0.39, 0.29) is 18.4 Å². The molecule has 0 aliphatic carbocycles. The third kappa shape index (κ3) is 3.53. The molecule has 0 spiro atoms. The normalized spacial score (nSPS) is 12.3. The minimum absolute atomic E-state index is 0.110. The average Bonchev–Trinajstić information content (AvgIpc) is 3.20. The monoisotopic (exact) mass is 330 g/mol. The molecule has 3 heterocycles. The first-order chi connectivity index (χ1) is 11.0. The van der Waals surface area contributed by atoms with Crippen molar-refractivity contribution in [1.29, 1.82) is 0 Å². The van der Waals surface area contributed by atoms with Crippen LogP contribution in [-0.2, 0) is 11.2 Å². The Morgan fingerprint density at radius 1 is 1.30 bits per heavy atom. The Morgan fingerprint density at radius 3 is 2.78 bits per heavy atom. The number of carbonyl (C=O) groups is 1. The number of hydrogen-bond acceptors (Lipinski definition) is 5. The predicted octanol–water partition coefficient (Wildman–Crippen LogP) is 4.03. The molecule has 23 heavy (non-hydrogen) atoms. The first-order valence-electron chi connectivity index (χ1n) is 7.39. The lowest BCUT2D eigenvalue weighted by Gasteiger charge is -2.10. The van der Waals surface area contributed by atoms with Crippen molar-refractivity contribution < 1.29 is 13.6 Å². The van der Waals surface area contributed by atoms with Crippen molar-refractivity contribution in [3.05, 3.63) is 52.6 Å². The lowest BCUT2D eigenvalue weighted by Crippen LogP contribution is -2.28. The van der Waals surface area contributed by atoms with E-state index in [9.17, 15) is 4.79 Å². The molecule has 3 aromatic heterocycles. The molecular formula is C17H18N2O3S. The minimum Gasteiger partial charge on any atom is -0.464 e. The molecule has 0 aliphatic rings. The van der Waals surface area contributed by atoms with Gasteiger partial charge in [-0.25, -0.2) is 4.98 Å². The maximum atomic E-state index is 12.2. The summed E-state index contributed by atoms with van der Waals surface area (Å²) in [5, 5.41) is 4.88. The molecule has 5 nitrogen and oxygen atoms in total. The van der Waals surface area contributed by atoms with Gasteiger partial charge in [0.05, 0.1) is 23.0 Å². The predicted molar refractivity (Wildman–Crippen MR) is 88.3 cm³/mol. The molecule has 0 saturated heterocycles. The molecule has 0 radical (unpaired) electrons. The number of furan rings is 1. The topological polar surface area (TPSA) is 68.3 Å². The SMILES string of the molecule is Cc1ccc(C(C)NC(=O)Cc2nc(-c3cccs3)oc2C)o1. The highest BCUT2D eigenvalue weighted by Crippen LogP contribution is 2.26. The van der Waals surface area contributed by atoms with E-state index in [0.717, 1.165) is 16.4 Å². The molecule has 3 rings (SSSR count). The van der Waals surface area contributed by atoms with Gasteiger partial charge >= 0.3 is 0 Å². The van der Waals surface area contributed by atoms with E-state index < -0.39 is 0 Å². The van der Waals surface area contributed by atoms with E-state index in [1.165, 1.54) is 0 Å². The zero-order chi connectivity index (χ0) is 16.4. The van der Waals surface area contributed by atoms with Crippen LogP contribution >= 0.6 is 11.3 Å². The van der Waals surface area contributed by atoms with Gasteiger partial charge in [0, 0.05) is 0 Å². The molecule has 3 aromatic rings. The molecule has 0 aromatic carbocycles. The summed E-state index contributed by atoms with van der Waals surface area (Å²) in [4.78, 5) is 17.6. The zero-order valence-electron chi connectivity index (χ0n) is 13.3. The summed E-state index contributed by atoms with van der Waals surface area (Å²) in [5.74, 6) is 2.70. The summed E-state index contributed by atoms with van der Waals surface area (Å²) in [6.45, 7) is 5.60. The number of carbonyl (C=O) groups excluding carboxylic acids is 1. The second kappa shape index (κ2) is 6.42. The molecule has 1 unspecified atom stereocenters. The Morgan fingerprint density at radius 2 is 2.13 bits per heavy atom. The molecule has 1 amide bonds. The summed E-state index contributed by atoms with van der Waals surface area (Å²) in [6, 6.07) is 7.46. The van der Waals surface area contributed by atoms with Gasteiger partial charge in [-0.15, -0.1) is 11.3 Å². The van der Waals surface area contributed by atoms with Gasteiger partial charge in [-0.1, -0.05) is 6.07 Å². The number of hydrogen-bond donors (Lipinski definition) is 1. The van der Waals surface area contributed by atoms with E-state index in [4.69, 9.17) is 8.83 Å². The first-order valence-corrected chi connectivity index (χ1v) is 8.27. The van der Waals surface area contributed by atoms with Crippen LogP contribution in [0.15, 0.2) is 38.5 Å².